The smallest absolute Gasteiger partial charge is 0.332 e. The first-order chi connectivity index (χ1) is 9.01. The molecule has 0 radical (unpaired) electrons. The van der Waals surface area contributed by atoms with Gasteiger partial charge < -0.3 is 14.8 Å². The van der Waals surface area contributed by atoms with Crippen LogP contribution in [0.1, 0.15) is 0 Å². The number of imidazole rings is 1. The molecule has 2 aromatic heterocycles. The summed E-state index contributed by atoms with van der Waals surface area (Å²) in [6.07, 6.45) is 1.43. The normalized spacial score (nSPS) is 11.6. The maximum absolute atomic E-state index is 12.1. The predicted octanol–water partition coefficient (Wildman–Crippen LogP) is -1.97. The molecule has 0 unspecified atom stereocenters. The fourth-order valence-corrected chi connectivity index (χ4v) is 1.99. The molecule has 0 spiro atoms. The summed E-state index contributed by atoms with van der Waals surface area (Å²) in [7, 11) is 2.94. The lowest BCUT2D eigenvalue weighted by Gasteiger charge is -2.12. The van der Waals surface area contributed by atoms with Crippen molar-refractivity contribution in [1.82, 2.24) is 18.7 Å². The van der Waals surface area contributed by atoms with E-state index in [1.54, 1.807) is 4.57 Å². The second kappa shape index (κ2) is 4.98. The van der Waals surface area contributed by atoms with Gasteiger partial charge in [0.25, 0.3) is 5.56 Å². The summed E-state index contributed by atoms with van der Waals surface area (Å²) in [5.41, 5.74) is -0.298. The number of aliphatic hydroxyl groups excluding tert-OH is 2. The lowest BCUT2D eigenvalue weighted by Crippen LogP contribution is -2.37. The number of aromatic nitrogens is 4. The van der Waals surface area contributed by atoms with E-state index in [0.717, 1.165) is 4.57 Å². The Kier molecular flexibility index (Phi) is 3.54. The zero-order valence-electron chi connectivity index (χ0n) is 10.8. The van der Waals surface area contributed by atoms with E-state index in [2.05, 4.69) is 4.98 Å². The zero-order chi connectivity index (χ0) is 14.2. The lowest BCUT2D eigenvalue weighted by atomic mass is 10.2. The number of fused-ring (bicyclic) bond motifs is 1. The van der Waals surface area contributed by atoms with Gasteiger partial charge in [-0.05, 0) is 0 Å². The Bertz CT molecular complexity index is 708. The Balaban J connectivity index is 2.66. The maximum Gasteiger partial charge on any atom is 0.332 e. The minimum Gasteiger partial charge on any atom is -0.396 e. The first-order valence-corrected chi connectivity index (χ1v) is 5.83. The van der Waals surface area contributed by atoms with Gasteiger partial charge in [-0.25, -0.2) is 9.78 Å². The molecule has 0 aliphatic carbocycles. The van der Waals surface area contributed by atoms with Crippen molar-refractivity contribution in [2.24, 2.45) is 20.0 Å². The van der Waals surface area contributed by atoms with Crippen LogP contribution >= 0.6 is 0 Å². The van der Waals surface area contributed by atoms with Crippen LogP contribution in [0.5, 0.6) is 0 Å². The Morgan fingerprint density at radius 1 is 1.21 bits per heavy atom. The van der Waals surface area contributed by atoms with Crippen LogP contribution in [0.4, 0.5) is 0 Å². The number of aliphatic hydroxyl groups is 2. The van der Waals surface area contributed by atoms with E-state index in [-0.39, 0.29) is 31.2 Å². The van der Waals surface area contributed by atoms with E-state index in [1.807, 2.05) is 0 Å². The van der Waals surface area contributed by atoms with Gasteiger partial charge in [0.15, 0.2) is 11.2 Å². The number of hydrogen-bond acceptors (Lipinski definition) is 5. The van der Waals surface area contributed by atoms with Gasteiger partial charge in [-0.1, -0.05) is 0 Å². The van der Waals surface area contributed by atoms with Gasteiger partial charge in [0, 0.05) is 39.8 Å². The minimum absolute atomic E-state index is 0.192. The molecule has 0 aromatic carbocycles. The minimum atomic E-state index is -0.441. The van der Waals surface area contributed by atoms with Crippen molar-refractivity contribution in [2.75, 3.05) is 13.2 Å². The second-order valence-electron chi connectivity index (χ2n) is 4.51. The third-order valence-electron chi connectivity index (χ3n) is 3.19. The quantitative estimate of drug-likeness (QED) is 0.670. The monoisotopic (exact) mass is 268 g/mol. The van der Waals surface area contributed by atoms with Crippen LogP contribution in [-0.2, 0) is 20.6 Å². The van der Waals surface area contributed by atoms with Crippen molar-refractivity contribution in [3.63, 3.8) is 0 Å². The molecule has 0 bridgehead atoms. The van der Waals surface area contributed by atoms with E-state index in [4.69, 9.17) is 10.2 Å². The summed E-state index contributed by atoms with van der Waals surface area (Å²) in [5, 5.41) is 18.2. The molecular weight excluding hydrogens is 252 g/mol. The van der Waals surface area contributed by atoms with Crippen LogP contribution in [0.15, 0.2) is 15.9 Å². The summed E-state index contributed by atoms with van der Waals surface area (Å²) in [5.74, 6) is -0.376. The van der Waals surface area contributed by atoms with Crippen molar-refractivity contribution in [1.29, 1.82) is 0 Å². The SMILES string of the molecule is Cn1c(=O)c2c(ncn2CC(CO)CO)n(C)c1=O. The molecule has 0 saturated heterocycles. The fourth-order valence-electron chi connectivity index (χ4n) is 1.99. The molecule has 2 heterocycles. The Labute approximate surface area is 108 Å². The Morgan fingerprint density at radius 3 is 2.42 bits per heavy atom. The highest BCUT2D eigenvalue weighted by Crippen LogP contribution is 2.08. The van der Waals surface area contributed by atoms with Crippen molar-refractivity contribution in [2.45, 2.75) is 6.54 Å². The Hall–Kier alpha value is -1.93. The summed E-state index contributed by atoms with van der Waals surface area (Å²) in [4.78, 5) is 27.9. The van der Waals surface area contributed by atoms with Gasteiger partial charge in [0.1, 0.15) is 0 Å². The highest BCUT2D eigenvalue weighted by molar-refractivity contribution is 5.69. The van der Waals surface area contributed by atoms with Gasteiger partial charge >= 0.3 is 5.69 Å². The van der Waals surface area contributed by atoms with E-state index >= 15 is 0 Å². The van der Waals surface area contributed by atoms with Gasteiger partial charge in [0.05, 0.1) is 6.33 Å². The summed E-state index contributed by atoms with van der Waals surface area (Å²) >= 11 is 0. The molecule has 2 aromatic rings. The van der Waals surface area contributed by atoms with Crippen LogP contribution in [0.2, 0.25) is 0 Å². The molecule has 0 aliphatic rings. The molecule has 0 saturated carbocycles. The van der Waals surface area contributed by atoms with Crippen LogP contribution < -0.4 is 11.2 Å². The molecule has 2 rings (SSSR count). The third kappa shape index (κ3) is 2.08. The van der Waals surface area contributed by atoms with Gasteiger partial charge in [-0.3, -0.25) is 13.9 Å². The van der Waals surface area contributed by atoms with Crippen molar-refractivity contribution in [3.8, 4) is 0 Å². The van der Waals surface area contributed by atoms with Crippen LogP contribution in [0.3, 0.4) is 0 Å². The molecular formula is C11H16N4O4. The number of hydrogen-bond donors (Lipinski definition) is 2. The van der Waals surface area contributed by atoms with E-state index < -0.39 is 11.2 Å². The van der Waals surface area contributed by atoms with E-state index in [1.165, 1.54) is 25.0 Å². The van der Waals surface area contributed by atoms with Crippen LogP contribution in [0.25, 0.3) is 11.2 Å². The number of aryl methyl sites for hydroxylation is 1. The molecule has 2 N–H and O–H groups in total. The van der Waals surface area contributed by atoms with Crippen molar-refractivity contribution in [3.05, 3.63) is 27.2 Å². The molecule has 0 amide bonds. The lowest BCUT2D eigenvalue weighted by molar-refractivity contribution is 0.138. The molecule has 104 valence electrons. The summed E-state index contributed by atoms with van der Waals surface area (Å²) in [6.45, 7) is -0.124. The van der Waals surface area contributed by atoms with E-state index in [0.29, 0.717) is 5.65 Å². The van der Waals surface area contributed by atoms with Crippen LogP contribution in [-0.4, -0.2) is 42.1 Å². The first-order valence-electron chi connectivity index (χ1n) is 5.83. The maximum atomic E-state index is 12.1. The van der Waals surface area contributed by atoms with Gasteiger partial charge in [-0.15, -0.1) is 0 Å². The second-order valence-corrected chi connectivity index (χ2v) is 4.51. The van der Waals surface area contributed by atoms with Gasteiger partial charge in [-0.2, -0.15) is 0 Å². The number of rotatable bonds is 4. The topological polar surface area (TPSA) is 102 Å². The first kappa shape index (κ1) is 13.5. The molecule has 0 aliphatic heterocycles. The number of nitrogens with zero attached hydrogens (tertiary/aromatic N) is 4. The van der Waals surface area contributed by atoms with E-state index in [9.17, 15) is 9.59 Å². The summed E-state index contributed by atoms with van der Waals surface area (Å²) < 4.78 is 3.85. The predicted molar refractivity (Wildman–Crippen MR) is 67.9 cm³/mol. The zero-order valence-corrected chi connectivity index (χ0v) is 10.8. The molecule has 0 fully saturated rings. The molecule has 8 nitrogen and oxygen atoms in total. The molecule has 8 heteroatoms. The average Bonchev–Trinajstić information content (AvgIpc) is 2.83. The highest BCUT2D eigenvalue weighted by Gasteiger charge is 2.16. The summed E-state index contributed by atoms with van der Waals surface area (Å²) in [6, 6.07) is 0. The fraction of sp³-hybridized carbons (Fsp3) is 0.545. The van der Waals surface area contributed by atoms with Crippen molar-refractivity contribution >= 4 is 11.2 Å². The van der Waals surface area contributed by atoms with Gasteiger partial charge in [0.2, 0.25) is 0 Å². The average molecular weight is 268 g/mol. The highest BCUT2D eigenvalue weighted by atomic mass is 16.3. The standard InChI is InChI=1S/C11H16N4O4/c1-13-9-8(10(18)14(2)11(13)19)15(6-12-9)3-7(4-16)5-17/h6-7,16-17H,3-5H2,1-2H3. The molecule has 19 heavy (non-hydrogen) atoms. The van der Waals surface area contributed by atoms with Crippen molar-refractivity contribution < 1.29 is 10.2 Å². The Morgan fingerprint density at radius 2 is 1.84 bits per heavy atom. The third-order valence-corrected chi connectivity index (χ3v) is 3.19. The largest absolute Gasteiger partial charge is 0.396 e. The van der Waals surface area contributed by atoms with Crippen LogP contribution in [0, 0.1) is 5.92 Å². The molecule has 0 atom stereocenters.